The second-order valence-corrected chi connectivity index (χ2v) is 6.90. The van der Waals surface area contributed by atoms with Crippen LogP contribution in [0.5, 0.6) is 5.75 Å². The molecule has 0 N–H and O–H groups in total. The average molecular weight is 391 g/mol. The van der Waals surface area contributed by atoms with Crippen molar-refractivity contribution in [1.82, 2.24) is 4.57 Å². The Hall–Kier alpha value is -2.15. The van der Waals surface area contributed by atoms with Crippen molar-refractivity contribution in [1.29, 1.82) is 0 Å². The first-order valence-corrected chi connectivity index (χ1v) is 9.42. The van der Waals surface area contributed by atoms with Crippen LogP contribution >= 0.6 is 22.9 Å². The third-order valence-electron chi connectivity index (χ3n) is 3.79. The van der Waals surface area contributed by atoms with Gasteiger partial charge < -0.3 is 14.0 Å². The Morgan fingerprint density at radius 1 is 1.27 bits per heavy atom. The first-order valence-electron chi connectivity index (χ1n) is 8.22. The van der Waals surface area contributed by atoms with Crippen LogP contribution < -0.4 is 9.54 Å². The average Bonchev–Trinajstić information content (AvgIpc) is 2.96. The van der Waals surface area contributed by atoms with Crippen molar-refractivity contribution >= 4 is 39.1 Å². The van der Waals surface area contributed by atoms with Crippen LogP contribution in [-0.4, -0.2) is 30.8 Å². The third-order valence-corrected chi connectivity index (χ3v) is 5.16. The van der Waals surface area contributed by atoms with E-state index in [1.807, 2.05) is 29.7 Å². The lowest BCUT2D eigenvalue weighted by molar-refractivity contribution is 0.0997. The molecule has 0 saturated carbocycles. The summed E-state index contributed by atoms with van der Waals surface area (Å²) < 4.78 is 13.7. The lowest BCUT2D eigenvalue weighted by Crippen LogP contribution is -2.19. The van der Waals surface area contributed by atoms with Gasteiger partial charge in [0.05, 0.1) is 34.0 Å². The molecule has 0 aliphatic carbocycles. The standard InChI is InChI=1S/C19H19ClN2O3S/c1-3-25-13-8-9-16-17(12-13)26-19(22(16)10-11-24-2)21-18(23)14-6-4-5-7-15(14)20/h4-9,12H,3,10-11H2,1-2H3. The molecule has 26 heavy (non-hydrogen) atoms. The van der Waals surface area contributed by atoms with Crippen LogP contribution in [0.2, 0.25) is 5.02 Å². The van der Waals surface area contributed by atoms with E-state index in [0.717, 1.165) is 16.0 Å². The lowest BCUT2D eigenvalue weighted by Gasteiger charge is -2.06. The predicted molar refractivity (Wildman–Crippen MR) is 104 cm³/mol. The fraction of sp³-hybridized carbons (Fsp3) is 0.263. The van der Waals surface area contributed by atoms with Gasteiger partial charge in [0.2, 0.25) is 0 Å². The minimum absolute atomic E-state index is 0.363. The summed E-state index contributed by atoms with van der Waals surface area (Å²) in [5.74, 6) is 0.433. The SMILES string of the molecule is CCOc1ccc2c(c1)sc(=NC(=O)c1ccccc1Cl)n2CCOC. The zero-order valence-corrected chi connectivity index (χ0v) is 16.1. The van der Waals surface area contributed by atoms with Crippen molar-refractivity contribution in [3.8, 4) is 5.75 Å². The highest BCUT2D eigenvalue weighted by Gasteiger charge is 2.12. The summed E-state index contributed by atoms with van der Waals surface area (Å²) in [6.45, 7) is 3.66. The number of hydrogen-bond acceptors (Lipinski definition) is 4. The van der Waals surface area contributed by atoms with Crippen molar-refractivity contribution in [3.05, 3.63) is 57.9 Å². The molecule has 3 aromatic rings. The van der Waals surface area contributed by atoms with E-state index in [-0.39, 0.29) is 5.91 Å². The lowest BCUT2D eigenvalue weighted by atomic mass is 10.2. The van der Waals surface area contributed by atoms with Crippen molar-refractivity contribution in [3.63, 3.8) is 0 Å². The molecule has 1 aromatic heterocycles. The number of nitrogens with zero attached hydrogens (tertiary/aromatic N) is 2. The van der Waals surface area contributed by atoms with Crippen LogP contribution in [0.25, 0.3) is 10.2 Å². The largest absolute Gasteiger partial charge is 0.494 e. The van der Waals surface area contributed by atoms with Crippen LogP contribution in [0.1, 0.15) is 17.3 Å². The van der Waals surface area contributed by atoms with Crippen LogP contribution in [0.4, 0.5) is 0 Å². The van der Waals surface area contributed by atoms with E-state index in [4.69, 9.17) is 21.1 Å². The van der Waals surface area contributed by atoms with Crippen LogP contribution in [0, 0.1) is 0 Å². The molecule has 136 valence electrons. The Morgan fingerprint density at radius 3 is 2.81 bits per heavy atom. The summed E-state index contributed by atoms with van der Waals surface area (Å²) >= 11 is 7.56. The minimum Gasteiger partial charge on any atom is -0.494 e. The molecular formula is C19H19ClN2O3S. The van der Waals surface area contributed by atoms with Crippen LogP contribution in [0.15, 0.2) is 47.5 Å². The molecule has 7 heteroatoms. The molecular weight excluding hydrogens is 372 g/mol. The van der Waals surface area contributed by atoms with E-state index >= 15 is 0 Å². The Bertz CT molecular complexity index is 994. The van der Waals surface area contributed by atoms with Gasteiger partial charge in [-0.2, -0.15) is 4.99 Å². The number of aromatic nitrogens is 1. The summed E-state index contributed by atoms with van der Waals surface area (Å²) in [7, 11) is 1.65. The number of hydrogen-bond donors (Lipinski definition) is 0. The van der Waals surface area contributed by atoms with Gasteiger partial charge in [-0.25, -0.2) is 0 Å². The van der Waals surface area contributed by atoms with Gasteiger partial charge >= 0.3 is 0 Å². The molecule has 5 nitrogen and oxygen atoms in total. The van der Waals surface area contributed by atoms with Gasteiger partial charge in [-0.3, -0.25) is 4.79 Å². The number of amides is 1. The summed E-state index contributed by atoms with van der Waals surface area (Å²) in [5, 5.41) is 0.393. The van der Waals surface area contributed by atoms with Crippen LogP contribution in [0.3, 0.4) is 0 Å². The molecule has 1 heterocycles. The molecule has 0 unspecified atom stereocenters. The number of fused-ring (bicyclic) bond motifs is 1. The van der Waals surface area contributed by atoms with Gasteiger partial charge in [0.15, 0.2) is 4.80 Å². The van der Waals surface area contributed by atoms with Gasteiger partial charge in [0, 0.05) is 13.7 Å². The molecule has 0 spiro atoms. The maximum Gasteiger partial charge on any atom is 0.281 e. The molecule has 0 aliphatic heterocycles. The Labute approximate surface area is 160 Å². The molecule has 0 atom stereocenters. The van der Waals surface area contributed by atoms with E-state index in [9.17, 15) is 4.79 Å². The van der Waals surface area contributed by atoms with E-state index in [1.54, 1.807) is 31.4 Å². The number of ether oxygens (including phenoxy) is 2. The Morgan fingerprint density at radius 2 is 2.08 bits per heavy atom. The highest BCUT2D eigenvalue weighted by atomic mass is 35.5. The molecule has 0 radical (unpaired) electrons. The number of thiazole rings is 1. The highest BCUT2D eigenvalue weighted by Crippen LogP contribution is 2.24. The molecule has 1 amide bonds. The van der Waals surface area contributed by atoms with E-state index in [0.29, 0.717) is 35.1 Å². The zero-order valence-electron chi connectivity index (χ0n) is 14.6. The van der Waals surface area contributed by atoms with E-state index < -0.39 is 0 Å². The number of carbonyl (C=O) groups is 1. The minimum atomic E-state index is -0.363. The third kappa shape index (κ3) is 3.98. The zero-order chi connectivity index (χ0) is 18.5. The van der Waals surface area contributed by atoms with Gasteiger partial charge in [-0.1, -0.05) is 35.1 Å². The second kappa shape index (κ2) is 8.49. The number of benzene rings is 2. The monoisotopic (exact) mass is 390 g/mol. The fourth-order valence-corrected chi connectivity index (χ4v) is 3.88. The summed E-state index contributed by atoms with van der Waals surface area (Å²) in [6, 6.07) is 12.8. The summed E-state index contributed by atoms with van der Waals surface area (Å²) in [4.78, 5) is 17.5. The molecule has 3 rings (SSSR count). The van der Waals surface area contributed by atoms with Crippen molar-refractivity contribution < 1.29 is 14.3 Å². The fourth-order valence-electron chi connectivity index (χ4n) is 2.58. The molecule has 2 aromatic carbocycles. The maximum absolute atomic E-state index is 12.6. The smallest absolute Gasteiger partial charge is 0.281 e. The van der Waals surface area contributed by atoms with Crippen LogP contribution in [-0.2, 0) is 11.3 Å². The number of rotatable bonds is 6. The summed E-state index contributed by atoms with van der Waals surface area (Å²) in [6.07, 6.45) is 0. The number of halogens is 1. The normalized spacial score (nSPS) is 11.9. The Balaban J connectivity index is 2.10. The maximum atomic E-state index is 12.6. The highest BCUT2D eigenvalue weighted by molar-refractivity contribution is 7.16. The molecule has 0 aliphatic rings. The topological polar surface area (TPSA) is 52.8 Å². The van der Waals surface area contributed by atoms with Gasteiger partial charge in [0.25, 0.3) is 5.91 Å². The second-order valence-electron chi connectivity index (χ2n) is 5.49. The molecule has 0 bridgehead atoms. The quantitative estimate of drug-likeness (QED) is 0.635. The summed E-state index contributed by atoms with van der Waals surface area (Å²) in [5.41, 5.74) is 1.38. The van der Waals surface area contributed by atoms with E-state index in [2.05, 4.69) is 4.99 Å². The number of methoxy groups -OCH3 is 1. The van der Waals surface area contributed by atoms with Gasteiger partial charge in [-0.15, -0.1) is 0 Å². The van der Waals surface area contributed by atoms with Gasteiger partial charge in [0.1, 0.15) is 5.75 Å². The predicted octanol–water partition coefficient (Wildman–Crippen LogP) is 4.14. The van der Waals surface area contributed by atoms with Crippen molar-refractivity contribution in [2.75, 3.05) is 20.3 Å². The van der Waals surface area contributed by atoms with Gasteiger partial charge in [-0.05, 0) is 37.3 Å². The van der Waals surface area contributed by atoms with Crippen molar-refractivity contribution in [2.24, 2.45) is 4.99 Å². The molecule has 0 fully saturated rings. The van der Waals surface area contributed by atoms with Crippen molar-refractivity contribution in [2.45, 2.75) is 13.5 Å². The van der Waals surface area contributed by atoms with E-state index in [1.165, 1.54) is 11.3 Å². The Kier molecular flexibility index (Phi) is 6.08. The first kappa shape index (κ1) is 18.6. The molecule has 0 saturated heterocycles. The number of carbonyl (C=O) groups excluding carboxylic acids is 1. The first-order chi connectivity index (χ1) is 12.6.